The first-order chi connectivity index (χ1) is 5.18. The van der Waals surface area contributed by atoms with Gasteiger partial charge in [0.2, 0.25) is 0 Å². The number of carboxylic acid groups (broad SMARTS) is 1. The molecule has 0 spiro atoms. The van der Waals surface area contributed by atoms with E-state index in [-0.39, 0.29) is 17.1 Å². The van der Waals surface area contributed by atoms with Gasteiger partial charge in [-0.2, -0.15) is 0 Å². The largest absolute Gasteiger partial charge is 2.00 e. The third kappa shape index (κ3) is 33.7. The minimum atomic E-state index is -5.17. The molecule has 0 aromatic carbocycles. The third-order valence-electron chi connectivity index (χ3n) is 0.514. The normalized spacial score (nSPS) is 11.7. The van der Waals surface area contributed by atoms with Crippen LogP contribution in [0.3, 0.4) is 0 Å². The summed E-state index contributed by atoms with van der Waals surface area (Å²) in [6.07, 6.45) is 0. The summed E-state index contributed by atoms with van der Waals surface area (Å²) in [5, 5.41) is 15.9. The molecule has 0 bridgehead atoms. The maximum Gasteiger partial charge on any atom is 2.00 e. The van der Waals surface area contributed by atoms with Gasteiger partial charge >= 0.3 is 23.0 Å². The topological polar surface area (TPSA) is 164 Å². The van der Waals surface area contributed by atoms with Crippen molar-refractivity contribution in [2.45, 2.75) is 6.04 Å². The molecule has 13 heavy (non-hydrogen) atoms. The summed E-state index contributed by atoms with van der Waals surface area (Å²) in [5.74, 6) is -1.18. The molecule has 0 radical (unpaired) electrons. The van der Waals surface area contributed by atoms with Gasteiger partial charge in [0, 0.05) is 10.4 Å². The predicted octanol–water partition coefficient (Wildman–Crippen LogP) is -2.95. The van der Waals surface area contributed by atoms with Crippen LogP contribution in [0.5, 0.6) is 0 Å². The number of hydrogen-bond donors (Lipinski definition) is 3. The van der Waals surface area contributed by atoms with E-state index in [2.05, 4.69) is 0 Å². The molecule has 0 aliphatic heterocycles. The van der Waals surface area contributed by atoms with Gasteiger partial charge < -0.3 is 25.1 Å². The molecule has 10 heteroatoms. The van der Waals surface area contributed by atoms with Gasteiger partial charge in [0.1, 0.15) is 6.04 Å². The van der Waals surface area contributed by atoms with E-state index in [1.54, 1.807) is 0 Å². The van der Waals surface area contributed by atoms with Crippen LogP contribution in [0.15, 0.2) is 0 Å². The average Bonchev–Trinajstić information content (AvgIpc) is 1.82. The molecule has 1 atom stereocenters. The van der Waals surface area contributed by atoms with Crippen molar-refractivity contribution in [3.63, 3.8) is 0 Å². The first-order valence-electron chi connectivity index (χ1n) is 2.44. The Morgan fingerprint density at radius 1 is 1.46 bits per heavy atom. The Hall–Kier alpha value is -0.221. The number of aliphatic hydroxyl groups excluding tert-OH is 1. The average molecular weight is 257 g/mol. The van der Waals surface area contributed by atoms with Gasteiger partial charge in [-0.25, -0.2) is 0 Å². The number of carbonyl (C=O) groups is 1. The molecule has 0 aliphatic carbocycles. The third-order valence-corrected chi connectivity index (χ3v) is 0.514. The molecular formula is C3H7FeNO7S. The summed E-state index contributed by atoms with van der Waals surface area (Å²) in [6, 6.07) is -1.13. The van der Waals surface area contributed by atoms with Crippen molar-refractivity contribution in [3.8, 4) is 0 Å². The van der Waals surface area contributed by atoms with E-state index >= 15 is 0 Å². The van der Waals surface area contributed by atoms with Crippen LogP contribution in [0.2, 0.25) is 0 Å². The molecule has 0 aliphatic rings. The zero-order valence-electron chi connectivity index (χ0n) is 6.06. The number of nitrogens with two attached hydrogens (primary N) is 1. The molecule has 0 unspecified atom stereocenters. The van der Waals surface area contributed by atoms with E-state index < -0.39 is 29.0 Å². The molecule has 0 fully saturated rings. The molecule has 80 valence electrons. The molecule has 4 N–H and O–H groups in total. The van der Waals surface area contributed by atoms with Gasteiger partial charge in [-0.1, -0.05) is 0 Å². The molecular weight excluding hydrogens is 250 g/mol. The van der Waals surface area contributed by atoms with Crippen molar-refractivity contribution in [2.24, 2.45) is 5.73 Å². The molecule has 0 aromatic rings. The second-order valence-electron chi connectivity index (χ2n) is 1.54. The molecule has 0 rings (SSSR count). The number of carboxylic acids is 1. The van der Waals surface area contributed by atoms with Gasteiger partial charge in [-0.3, -0.25) is 13.2 Å². The molecule has 8 nitrogen and oxygen atoms in total. The first-order valence-corrected chi connectivity index (χ1v) is 3.77. The summed E-state index contributed by atoms with van der Waals surface area (Å²) in [7, 11) is -5.17. The van der Waals surface area contributed by atoms with Crippen LogP contribution in [0.4, 0.5) is 0 Å². The van der Waals surface area contributed by atoms with Crippen molar-refractivity contribution >= 4 is 16.4 Å². The molecule has 0 heterocycles. The SMILES string of the molecule is N[C@@H](CO)C(=O)O.O=S(=O)([O-])[O-].[Fe+2]. The monoisotopic (exact) mass is 257 g/mol. The number of rotatable bonds is 2. The fraction of sp³-hybridized carbons (Fsp3) is 0.667. The Kier molecular flexibility index (Phi) is 12.0. The van der Waals surface area contributed by atoms with E-state index in [0.717, 1.165) is 0 Å². The molecule has 0 saturated carbocycles. The minimum Gasteiger partial charge on any atom is -0.759 e. The van der Waals surface area contributed by atoms with Crippen LogP contribution in [-0.2, 0) is 32.3 Å². The fourth-order valence-corrected chi connectivity index (χ4v) is 0.0781. The van der Waals surface area contributed by atoms with Gasteiger partial charge in [-0.05, 0) is 0 Å². The zero-order chi connectivity index (χ0) is 10.4. The number of aliphatic hydroxyl groups is 1. The Bertz CT molecular complexity index is 218. The molecule has 0 aromatic heterocycles. The standard InChI is InChI=1S/C3H7NO3.Fe.H2O4S/c4-2(1-5)3(6)7;;1-5(2,3)4/h2,5H,1,4H2,(H,6,7);;(H2,1,2,3,4)/q;+2;/p-2/t2-;;/m0../s1. The van der Waals surface area contributed by atoms with Gasteiger partial charge in [0.25, 0.3) is 0 Å². The maximum absolute atomic E-state index is 9.65. The Morgan fingerprint density at radius 2 is 1.69 bits per heavy atom. The van der Waals surface area contributed by atoms with Crippen LogP contribution in [0, 0.1) is 0 Å². The van der Waals surface area contributed by atoms with Crippen molar-refractivity contribution in [2.75, 3.05) is 6.61 Å². The van der Waals surface area contributed by atoms with Crippen LogP contribution >= 0.6 is 0 Å². The van der Waals surface area contributed by atoms with Crippen molar-refractivity contribution in [1.82, 2.24) is 0 Å². The first kappa shape index (κ1) is 18.5. The van der Waals surface area contributed by atoms with E-state index in [9.17, 15) is 4.79 Å². The predicted molar refractivity (Wildman–Crippen MR) is 33.2 cm³/mol. The Labute approximate surface area is 84.8 Å². The van der Waals surface area contributed by atoms with E-state index in [4.69, 9.17) is 33.5 Å². The summed E-state index contributed by atoms with van der Waals surface area (Å²) in [6.45, 7) is -0.505. The van der Waals surface area contributed by atoms with Crippen LogP contribution in [0.25, 0.3) is 0 Å². The summed E-state index contributed by atoms with van der Waals surface area (Å²) >= 11 is 0. The smallest absolute Gasteiger partial charge is 0.759 e. The van der Waals surface area contributed by atoms with Crippen molar-refractivity contribution < 1.29 is 49.6 Å². The number of hydrogen-bond acceptors (Lipinski definition) is 7. The van der Waals surface area contributed by atoms with E-state index in [0.29, 0.717) is 0 Å². The zero-order valence-corrected chi connectivity index (χ0v) is 7.98. The summed E-state index contributed by atoms with van der Waals surface area (Å²) in [5.41, 5.74) is 4.77. The van der Waals surface area contributed by atoms with Crippen molar-refractivity contribution in [1.29, 1.82) is 0 Å². The quantitative estimate of drug-likeness (QED) is 0.268. The van der Waals surface area contributed by atoms with Crippen LogP contribution in [0.1, 0.15) is 0 Å². The van der Waals surface area contributed by atoms with Crippen LogP contribution < -0.4 is 5.73 Å². The second-order valence-corrected chi connectivity index (χ2v) is 2.35. The van der Waals surface area contributed by atoms with Crippen LogP contribution in [-0.4, -0.2) is 46.4 Å². The minimum absolute atomic E-state index is 0. The maximum atomic E-state index is 9.65. The second kappa shape index (κ2) is 8.38. The fourth-order valence-electron chi connectivity index (χ4n) is 0.0781. The van der Waals surface area contributed by atoms with E-state index in [1.807, 2.05) is 0 Å². The van der Waals surface area contributed by atoms with Gasteiger partial charge in [0.15, 0.2) is 0 Å². The number of aliphatic carboxylic acids is 1. The Balaban J connectivity index is -0.000000150. The van der Waals surface area contributed by atoms with E-state index in [1.165, 1.54) is 0 Å². The van der Waals surface area contributed by atoms with Crippen molar-refractivity contribution in [3.05, 3.63) is 0 Å². The summed E-state index contributed by atoms with van der Waals surface area (Å²) < 4.78 is 34.1. The summed E-state index contributed by atoms with van der Waals surface area (Å²) in [4.78, 5) is 9.65. The Morgan fingerprint density at radius 3 is 1.69 bits per heavy atom. The van der Waals surface area contributed by atoms with Gasteiger partial charge in [-0.15, -0.1) is 0 Å². The van der Waals surface area contributed by atoms with Gasteiger partial charge in [0.05, 0.1) is 6.61 Å². The molecule has 0 amide bonds. The molecule has 0 saturated heterocycles.